The third kappa shape index (κ3) is 3.33. The van der Waals surface area contributed by atoms with Crippen LogP contribution in [0.15, 0.2) is 36.4 Å². The predicted molar refractivity (Wildman–Crippen MR) is 78.1 cm³/mol. The van der Waals surface area contributed by atoms with Crippen molar-refractivity contribution >= 4 is 17.3 Å². The summed E-state index contributed by atoms with van der Waals surface area (Å²) in [6.07, 6.45) is 0. The van der Waals surface area contributed by atoms with Crippen molar-refractivity contribution in [3.8, 4) is 11.5 Å². The molecule has 20 heavy (non-hydrogen) atoms. The molecule has 1 unspecified atom stereocenters. The molecule has 1 atom stereocenters. The molecule has 2 aromatic rings. The Morgan fingerprint density at radius 3 is 2.65 bits per heavy atom. The number of nitrogens with one attached hydrogen (secondary N) is 1. The van der Waals surface area contributed by atoms with Crippen molar-refractivity contribution < 1.29 is 14.2 Å². The first-order chi connectivity index (χ1) is 9.49. The molecule has 5 heteroatoms. The highest BCUT2D eigenvalue weighted by Gasteiger charge is 2.12. The predicted octanol–water partition coefficient (Wildman–Crippen LogP) is 4.37. The molecule has 3 nitrogen and oxygen atoms in total. The van der Waals surface area contributed by atoms with E-state index in [0.717, 1.165) is 0 Å². The Labute approximate surface area is 122 Å². The van der Waals surface area contributed by atoms with Crippen molar-refractivity contribution in [2.45, 2.75) is 13.0 Å². The molecule has 2 aromatic carbocycles. The average molecular weight is 296 g/mol. The van der Waals surface area contributed by atoms with Crippen molar-refractivity contribution in [1.82, 2.24) is 0 Å². The highest BCUT2D eigenvalue weighted by atomic mass is 35.5. The lowest BCUT2D eigenvalue weighted by atomic mass is 10.1. The van der Waals surface area contributed by atoms with Crippen LogP contribution in [0.25, 0.3) is 0 Å². The minimum Gasteiger partial charge on any atom is -0.508 e. The van der Waals surface area contributed by atoms with Crippen molar-refractivity contribution in [3.05, 3.63) is 52.8 Å². The monoisotopic (exact) mass is 295 g/mol. The first-order valence-electron chi connectivity index (χ1n) is 6.09. The molecule has 0 radical (unpaired) electrons. The first-order valence-corrected chi connectivity index (χ1v) is 6.47. The van der Waals surface area contributed by atoms with Crippen molar-refractivity contribution in [1.29, 1.82) is 0 Å². The molecule has 0 bridgehead atoms. The fourth-order valence-electron chi connectivity index (χ4n) is 1.97. The summed E-state index contributed by atoms with van der Waals surface area (Å²) >= 11 is 5.81. The number of aromatic hydroxyl groups is 1. The van der Waals surface area contributed by atoms with Gasteiger partial charge in [-0.25, -0.2) is 4.39 Å². The molecule has 0 aliphatic rings. The minimum atomic E-state index is -0.415. The molecule has 0 heterocycles. The Morgan fingerprint density at radius 1 is 1.25 bits per heavy atom. The molecule has 0 saturated carbocycles. The van der Waals surface area contributed by atoms with E-state index in [1.54, 1.807) is 31.4 Å². The van der Waals surface area contributed by atoms with E-state index in [4.69, 9.17) is 16.3 Å². The Kier molecular flexibility index (Phi) is 4.35. The SMILES string of the molecule is COc1ccc(O)c(C(C)Nc2cc(F)cc(Cl)c2)c1. The number of rotatable bonds is 4. The molecule has 0 spiro atoms. The van der Waals surface area contributed by atoms with E-state index in [1.807, 2.05) is 6.92 Å². The van der Waals surface area contributed by atoms with Gasteiger partial charge in [-0.05, 0) is 43.3 Å². The standard InChI is InChI=1S/C15H15ClFNO2/c1-9(14-8-13(20-2)3-4-15(14)19)18-12-6-10(16)5-11(17)7-12/h3-9,18-19H,1-2H3. The number of anilines is 1. The third-order valence-corrected chi connectivity index (χ3v) is 3.17. The van der Waals surface area contributed by atoms with E-state index in [9.17, 15) is 9.50 Å². The van der Waals surface area contributed by atoms with Gasteiger partial charge < -0.3 is 15.2 Å². The number of hydrogen-bond donors (Lipinski definition) is 2. The van der Waals surface area contributed by atoms with Crippen LogP contribution in [0.2, 0.25) is 5.02 Å². The lowest BCUT2D eigenvalue weighted by molar-refractivity contribution is 0.410. The molecular weight excluding hydrogens is 281 g/mol. The zero-order chi connectivity index (χ0) is 14.7. The van der Waals surface area contributed by atoms with Gasteiger partial charge in [-0.1, -0.05) is 11.6 Å². The van der Waals surface area contributed by atoms with E-state index in [1.165, 1.54) is 12.1 Å². The second-order valence-corrected chi connectivity index (χ2v) is 4.89. The van der Waals surface area contributed by atoms with Gasteiger partial charge in [0, 0.05) is 16.3 Å². The summed E-state index contributed by atoms with van der Waals surface area (Å²) in [7, 11) is 1.56. The fraction of sp³-hybridized carbons (Fsp3) is 0.200. The maximum Gasteiger partial charge on any atom is 0.126 e. The van der Waals surface area contributed by atoms with Crippen LogP contribution in [-0.4, -0.2) is 12.2 Å². The summed E-state index contributed by atoms with van der Waals surface area (Å²) in [4.78, 5) is 0. The lowest BCUT2D eigenvalue weighted by Crippen LogP contribution is -2.07. The number of phenolic OH excluding ortho intramolecular Hbond substituents is 1. The summed E-state index contributed by atoms with van der Waals surface area (Å²) in [5.41, 5.74) is 1.20. The summed E-state index contributed by atoms with van der Waals surface area (Å²) in [5.74, 6) is 0.374. The number of methoxy groups -OCH3 is 1. The Bertz CT molecular complexity index is 599. The Morgan fingerprint density at radius 2 is 2.00 bits per heavy atom. The summed E-state index contributed by atoms with van der Waals surface area (Å²) in [6, 6.07) is 8.94. The highest BCUT2D eigenvalue weighted by Crippen LogP contribution is 2.31. The Hall–Kier alpha value is -1.94. The second kappa shape index (κ2) is 6.01. The lowest BCUT2D eigenvalue weighted by Gasteiger charge is -2.18. The van der Waals surface area contributed by atoms with Crippen LogP contribution in [0.5, 0.6) is 11.5 Å². The van der Waals surface area contributed by atoms with Crippen LogP contribution in [0, 0.1) is 5.82 Å². The van der Waals surface area contributed by atoms with Crippen LogP contribution in [0.1, 0.15) is 18.5 Å². The molecule has 106 valence electrons. The van der Waals surface area contributed by atoms with E-state index < -0.39 is 5.82 Å². The molecule has 0 fully saturated rings. The van der Waals surface area contributed by atoms with Gasteiger partial charge in [0.05, 0.1) is 13.2 Å². The summed E-state index contributed by atoms with van der Waals surface area (Å²) in [6.45, 7) is 1.85. The second-order valence-electron chi connectivity index (χ2n) is 4.45. The Balaban J connectivity index is 2.25. The van der Waals surface area contributed by atoms with E-state index in [-0.39, 0.29) is 11.8 Å². The molecule has 0 aromatic heterocycles. The molecule has 0 amide bonds. The van der Waals surface area contributed by atoms with Gasteiger partial charge in [0.25, 0.3) is 0 Å². The number of hydrogen-bond acceptors (Lipinski definition) is 3. The van der Waals surface area contributed by atoms with Crippen LogP contribution in [0.4, 0.5) is 10.1 Å². The maximum absolute atomic E-state index is 13.3. The van der Waals surface area contributed by atoms with Crippen LogP contribution < -0.4 is 10.1 Å². The van der Waals surface area contributed by atoms with E-state index in [2.05, 4.69) is 5.32 Å². The van der Waals surface area contributed by atoms with Crippen molar-refractivity contribution in [3.63, 3.8) is 0 Å². The van der Waals surface area contributed by atoms with E-state index in [0.29, 0.717) is 22.0 Å². The van der Waals surface area contributed by atoms with Crippen molar-refractivity contribution in [2.24, 2.45) is 0 Å². The maximum atomic E-state index is 13.3. The van der Waals surface area contributed by atoms with Gasteiger partial charge in [0.2, 0.25) is 0 Å². The molecular formula is C15H15ClFNO2. The smallest absolute Gasteiger partial charge is 0.126 e. The van der Waals surface area contributed by atoms with Gasteiger partial charge >= 0.3 is 0 Å². The topological polar surface area (TPSA) is 41.5 Å². The van der Waals surface area contributed by atoms with Gasteiger partial charge in [0.15, 0.2) is 0 Å². The first kappa shape index (κ1) is 14.5. The van der Waals surface area contributed by atoms with Gasteiger partial charge in [-0.3, -0.25) is 0 Å². The largest absolute Gasteiger partial charge is 0.508 e. The zero-order valence-corrected chi connectivity index (χ0v) is 11.9. The highest BCUT2D eigenvalue weighted by molar-refractivity contribution is 6.30. The number of halogens is 2. The van der Waals surface area contributed by atoms with Gasteiger partial charge in [-0.15, -0.1) is 0 Å². The summed E-state index contributed by atoms with van der Waals surface area (Å²) < 4.78 is 18.4. The molecule has 0 aliphatic carbocycles. The van der Waals surface area contributed by atoms with Crippen LogP contribution in [0.3, 0.4) is 0 Å². The molecule has 2 N–H and O–H groups in total. The van der Waals surface area contributed by atoms with E-state index >= 15 is 0 Å². The van der Waals surface area contributed by atoms with Crippen molar-refractivity contribution in [2.75, 3.05) is 12.4 Å². The van der Waals surface area contributed by atoms with Crippen LogP contribution in [-0.2, 0) is 0 Å². The average Bonchev–Trinajstić information content (AvgIpc) is 2.37. The third-order valence-electron chi connectivity index (χ3n) is 2.95. The van der Waals surface area contributed by atoms with Crippen LogP contribution >= 0.6 is 11.6 Å². The molecule has 0 saturated heterocycles. The quantitative estimate of drug-likeness (QED) is 0.880. The fourth-order valence-corrected chi connectivity index (χ4v) is 2.19. The molecule has 0 aliphatic heterocycles. The number of ether oxygens (including phenoxy) is 1. The normalized spacial score (nSPS) is 12.0. The molecule has 2 rings (SSSR count). The summed E-state index contributed by atoms with van der Waals surface area (Å²) in [5, 5.41) is 13.3. The number of phenols is 1. The van der Waals surface area contributed by atoms with Gasteiger partial charge in [-0.2, -0.15) is 0 Å². The van der Waals surface area contributed by atoms with Gasteiger partial charge in [0.1, 0.15) is 17.3 Å². The number of benzene rings is 2. The zero-order valence-electron chi connectivity index (χ0n) is 11.2. The minimum absolute atomic E-state index is 0.147.